The third kappa shape index (κ3) is 2.75. The lowest BCUT2D eigenvalue weighted by atomic mass is 10.1. The normalized spacial score (nSPS) is 11.0. The Hall–Kier alpha value is -0.980. The van der Waals surface area contributed by atoms with Gasteiger partial charge in [-0.15, -0.1) is 0 Å². The molecule has 0 atom stereocenters. The van der Waals surface area contributed by atoms with Gasteiger partial charge in [0.2, 0.25) is 0 Å². The van der Waals surface area contributed by atoms with Gasteiger partial charge in [0.05, 0.1) is 0 Å². The molecule has 0 heterocycles. The van der Waals surface area contributed by atoms with Crippen molar-refractivity contribution >= 4 is 0 Å². The number of allylic oxidation sites excluding steroid dienone is 3. The number of rotatable bonds is 3. The maximum absolute atomic E-state index is 5.42. The first-order chi connectivity index (χ1) is 4.22. The number of nitrogens with two attached hydrogens (primary N) is 1. The predicted octanol–water partition coefficient (Wildman–Crippen LogP) is 1.98. The van der Waals surface area contributed by atoms with Crippen molar-refractivity contribution in [3.63, 3.8) is 0 Å². The molecule has 0 aliphatic carbocycles. The Kier molecular flexibility index (Phi) is 3.52. The monoisotopic (exact) mass is 123 g/mol. The molecule has 0 amide bonds. The SMILES string of the molecule is C=C/C=C(/CC)C(=C)N. The maximum Gasteiger partial charge on any atom is 0.0273 e. The zero-order valence-corrected chi connectivity index (χ0v) is 5.85. The van der Waals surface area contributed by atoms with Gasteiger partial charge < -0.3 is 5.73 Å². The fraction of sp³-hybridized carbons (Fsp3) is 0.250. The molecule has 0 aromatic carbocycles. The Labute approximate surface area is 56.6 Å². The summed E-state index contributed by atoms with van der Waals surface area (Å²) >= 11 is 0. The van der Waals surface area contributed by atoms with Crippen LogP contribution in [0.15, 0.2) is 36.6 Å². The smallest absolute Gasteiger partial charge is 0.0273 e. The molecule has 9 heavy (non-hydrogen) atoms. The molecule has 50 valence electrons. The van der Waals surface area contributed by atoms with Crippen molar-refractivity contribution in [3.05, 3.63) is 36.6 Å². The highest BCUT2D eigenvalue weighted by Crippen LogP contribution is 2.05. The summed E-state index contributed by atoms with van der Waals surface area (Å²) in [4.78, 5) is 0. The molecular formula is C8H13N. The lowest BCUT2D eigenvalue weighted by molar-refractivity contribution is 1.09. The zero-order valence-electron chi connectivity index (χ0n) is 5.85. The Morgan fingerprint density at radius 3 is 2.33 bits per heavy atom. The van der Waals surface area contributed by atoms with Gasteiger partial charge in [0.25, 0.3) is 0 Å². The van der Waals surface area contributed by atoms with Gasteiger partial charge in [-0.1, -0.05) is 32.2 Å². The largest absolute Gasteiger partial charge is 0.399 e. The van der Waals surface area contributed by atoms with Crippen LogP contribution in [-0.4, -0.2) is 0 Å². The highest BCUT2D eigenvalue weighted by molar-refractivity contribution is 5.27. The van der Waals surface area contributed by atoms with Gasteiger partial charge >= 0.3 is 0 Å². The molecule has 0 unspecified atom stereocenters. The molecule has 0 aliphatic rings. The van der Waals surface area contributed by atoms with E-state index in [1.807, 2.05) is 13.0 Å². The molecule has 0 spiro atoms. The number of hydrogen-bond donors (Lipinski definition) is 1. The van der Waals surface area contributed by atoms with Crippen LogP contribution in [0.3, 0.4) is 0 Å². The molecule has 0 radical (unpaired) electrons. The Bertz CT molecular complexity index is 143. The van der Waals surface area contributed by atoms with Gasteiger partial charge in [0.1, 0.15) is 0 Å². The third-order valence-corrected chi connectivity index (χ3v) is 1.11. The van der Waals surface area contributed by atoms with Gasteiger partial charge in [-0.3, -0.25) is 0 Å². The van der Waals surface area contributed by atoms with E-state index in [4.69, 9.17) is 5.73 Å². The molecule has 0 saturated heterocycles. The Balaban J connectivity index is 4.14. The number of hydrogen-bond acceptors (Lipinski definition) is 1. The average Bonchev–Trinajstić information content (AvgIpc) is 1.82. The van der Waals surface area contributed by atoms with Gasteiger partial charge in [0, 0.05) is 5.70 Å². The average molecular weight is 123 g/mol. The van der Waals surface area contributed by atoms with Crippen molar-refractivity contribution in [2.75, 3.05) is 0 Å². The van der Waals surface area contributed by atoms with Crippen LogP contribution in [0, 0.1) is 0 Å². The first-order valence-corrected chi connectivity index (χ1v) is 2.98. The molecule has 0 aliphatic heterocycles. The second-order valence-corrected chi connectivity index (χ2v) is 1.81. The fourth-order valence-corrected chi connectivity index (χ4v) is 0.594. The van der Waals surface area contributed by atoms with E-state index in [0.717, 1.165) is 12.0 Å². The quantitative estimate of drug-likeness (QED) is 0.570. The van der Waals surface area contributed by atoms with E-state index in [9.17, 15) is 0 Å². The van der Waals surface area contributed by atoms with Crippen molar-refractivity contribution in [1.29, 1.82) is 0 Å². The lowest BCUT2D eigenvalue weighted by Crippen LogP contribution is -1.97. The van der Waals surface area contributed by atoms with Gasteiger partial charge in [-0.25, -0.2) is 0 Å². The molecule has 0 bridgehead atoms. The lowest BCUT2D eigenvalue weighted by Gasteiger charge is -1.99. The second kappa shape index (κ2) is 3.96. The molecule has 0 fully saturated rings. The van der Waals surface area contributed by atoms with Crippen LogP contribution in [-0.2, 0) is 0 Å². The van der Waals surface area contributed by atoms with E-state index in [-0.39, 0.29) is 0 Å². The van der Waals surface area contributed by atoms with Crippen LogP contribution in [0.25, 0.3) is 0 Å². The van der Waals surface area contributed by atoms with E-state index < -0.39 is 0 Å². The van der Waals surface area contributed by atoms with E-state index in [0.29, 0.717) is 5.70 Å². The molecule has 2 N–H and O–H groups in total. The molecule has 1 heteroatoms. The van der Waals surface area contributed by atoms with Crippen LogP contribution in [0.2, 0.25) is 0 Å². The van der Waals surface area contributed by atoms with Crippen LogP contribution < -0.4 is 5.73 Å². The third-order valence-electron chi connectivity index (χ3n) is 1.11. The first kappa shape index (κ1) is 8.02. The molecule has 1 nitrogen and oxygen atoms in total. The van der Waals surface area contributed by atoms with E-state index in [1.165, 1.54) is 0 Å². The van der Waals surface area contributed by atoms with E-state index in [1.54, 1.807) is 6.08 Å². The van der Waals surface area contributed by atoms with Crippen molar-refractivity contribution in [2.45, 2.75) is 13.3 Å². The first-order valence-electron chi connectivity index (χ1n) is 2.98. The van der Waals surface area contributed by atoms with Crippen molar-refractivity contribution in [2.24, 2.45) is 5.73 Å². The summed E-state index contributed by atoms with van der Waals surface area (Å²) < 4.78 is 0. The molecule has 0 aromatic rings. The fourth-order valence-electron chi connectivity index (χ4n) is 0.594. The topological polar surface area (TPSA) is 26.0 Å². The van der Waals surface area contributed by atoms with Gasteiger partial charge in [0.15, 0.2) is 0 Å². The minimum absolute atomic E-state index is 0.636. The summed E-state index contributed by atoms with van der Waals surface area (Å²) in [5.41, 5.74) is 7.12. The van der Waals surface area contributed by atoms with Crippen LogP contribution in [0.1, 0.15) is 13.3 Å². The maximum atomic E-state index is 5.42. The second-order valence-electron chi connectivity index (χ2n) is 1.81. The van der Waals surface area contributed by atoms with Crippen molar-refractivity contribution in [3.8, 4) is 0 Å². The molecule has 0 saturated carbocycles. The summed E-state index contributed by atoms with van der Waals surface area (Å²) in [7, 11) is 0. The molecule has 0 rings (SSSR count). The van der Waals surface area contributed by atoms with E-state index >= 15 is 0 Å². The van der Waals surface area contributed by atoms with Gasteiger partial charge in [-0.05, 0) is 12.0 Å². The standard InChI is InChI=1S/C8H13N/c1-4-6-8(5-2)7(3)9/h4,6H,1,3,5,9H2,2H3/b8-6-. The summed E-state index contributed by atoms with van der Waals surface area (Å²) in [6, 6.07) is 0. The van der Waals surface area contributed by atoms with Gasteiger partial charge in [-0.2, -0.15) is 0 Å². The summed E-state index contributed by atoms with van der Waals surface area (Å²) in [5.74, 6) is 0. The predicted molar refractivity (Wildman–Crippen MR) is 41.9 cm³/mol. The summed E-state index contributed by atoms with van der Waals surface area (Å²) in [5, 5.41) is 0. The molecule has 0 aromatic heterocycles. The minimum Gasteiger partial charge on any atom is -0.399 e. The minimum atomic E-state index is 0.636. The molecular weight excluding hydrogens is 110 g/mol. The van der Waals surface area contributed by atoms with Crippen LogP contribution >= 0.6 is 0 Å². The van der Waals surface area contributed by atoms with Crippen LogP contribution in [0.5, 0.6) is 0 Å². The van der Waals surface area contributed by atoms with Crippen molar-refractivity contribution in [1.82, 2.24) is 0 Å². The van der Waals surface area contributed by atoms with Crippen molar-refractivity contribution < 1.29 is 0 Å². The summed E-state index contributed by atoms with van der Waals surface area (Å²) in [6.45, 7) is 9.20. The Morgan fingerprint density at radius 2 is 2.22 bits per heavy atom. The Morgan fingerprint density at radius 1 is 1.67 bits per heavy atom. The highest BCUT2D eigenvalue weighted by atomic mass is 14.6. The zero-order chi connectivity index (χ0) is 7.28. The van der Waals surface area contributed by atoms with E-state index in [2.05, 4.69) is 13.2 Å². The van der Waals surface area contributed by atoms with Crippen LogP contribution in [0.4, 0.5) is 0 Å². The highest BCUT2D eigenvalue weighted by Gasteiger charge is 1.90. The summed E-state index contributed by atoms with van der Waals surface area (Å²) in [6.07, 6.45) is 4.51.